The number of cyclic esters (lactones) is 1. The Morgan fingerprint density at radius 3 is 2.73 bits per heavy atom. The molecule has 1 unspecified atom stereocenters. The molecular formula is C19H26O3. The molecule has 0 bridgehead atoms. The maximum Gasteiger partial charge on any atom is 0.336 e. The summed E-state index contributed by atoms with van der Waals surface area (Å²) in [4.78, 5) is 11.3. The molecule has 3 heteroatoms. The summed E-state index contributed by atoms with van der Waals surface area (Å²) in [5.41, 5.74) is 4.73. The second kappa shape index (κ2) is 6.55. The van der Waals surface area contributed by atoms with E-state index in [4.69, 9.17) is 9.47 Å². The SMILES string of the molecule is CC1=CC(O/C=C(C)\C=C\C2=C(C)CCCC2(C)C)OC1=O. The lowest BCUT2D eigenvalue weighted by Crippen LogP contribution is -2.19. The normalized spacial score (nSPS) is 25.5. The summed E-state index contributed by atoms with van der Waals surface area (Å²) < 4.78 is 10.5. The van der Waals surface area contributed by atoms with E-state index in [9.17, 15) is 4.79 Å². The van der Waals surface area contributed by atoms with Gasteiger partial charge in [-0.1, -0.05) is 31.6 Å². The van der Waals surface area contributed by atoms with E-state index < -0.39 is 6.29 Å². The second-order valence-corrected chi connectivity index (χ2v) is 6.89. The highest BCUT2D eigenvalue weighted by molar-refractivity contribution is 5.89. The van der Waals surface area contributed by atoms with Gasteiger partial charge in [-0.05, 0) is 56.6 Å². The predicted octanol–water partition coefficient (Wildman–Crippen LogP) is 4.82. The summed E-state index contributed by atoms with van der Waals surface area (Å²) >= 11 is 0. The van der Waals surface area contributed by atoms with Crippen LogP contribution in [0.4, 0.5) is 0 Å². The number of allylic oxidation sites excluding steroid dienone is 5. The van der Waals surface area contributed by atoms with Gasteiger partial charge in [-0.2, -0.15) is 0 Å². The topological polar surface area (TPSA) is 35.5 Å². The molecule has 1 aliphatic carbocycles. The monoisotopic (exact) mass is 302 g/mol. The van der Waals surface area contributed by atoms with Gasteiger partial charge < -0.3 is 9.47 Å². The Kier molecular flexibility index (Phi) is 4.94. The minimum absolute atomic E-state index is 0.237. The molecule has 2 rings (SSSR count). The van der Waals surface area contributed by atoms with Gasteiger partial charge in [-0.3, -0.25) is 0 Å². The maximum atomic E-state index is 11.3. The highest BCUT2D eigenvalue weighted by Crippen LogP contribution is 2.40. The fourth-order valence-electron chi connectivity index (χ4n) is 3.01. The molecule has 3 nitrogen and oxygen atoms in total. The summed E-state index contributed by atoms with van der Waals surface area (Å²) in [5.74, 6) is -0.309. The third-order valence-electron chi connectivity index (χ3n) is 4.37. The van der Waals surface area contributed by atoms with Crippen molar-refractivity contribution in [1.29, 1.82) is 0 Å². The Morgan fingerprint density at radius 1 is 1.41 bits per heavy atom. The van der Waals surface area contributed by atoms with Gasteiger partial charge in [-0.25, -0.2) is 4.79 Å². The van der Waals surface area contributed by atoms with Crippen molar-refractivity contribution in [1.82, 2.24) is 0 Å². The van der Waals surface area contributed by atoms with Gasteiger partial charge in [-0.15, -0.1) is 0 Å². The van der Waals surface area contributed by atoms with Crippen LogP contribution in [0.1, 0.15) is 53.9 Å². The van der Waals surface area contributed by atoms with Gasteiger partial charge in [0.05, 0.1) is 6.26 Å². The van der Waals surface area contributed by atoms with Crippen molar-refractivity contribution in [3.8, 4) is 0 Å². The number of carbonyl (C=O) groups is 1. The van der Waals surface area contributed by atoms with Crippen molar-refractivity contribution < 1.29 is 14.3 Å². The largest absolute Gasteiger partial charge is 0.458 e. The summed E-state index contributed by atoms with van der Waals surface area (Å²) in [7, 11) is 0. The van der Waals surface area contributed by atoms with Crippen LogP contribution >= 0.6 is 0 Å². The molecule has 0 spiro atoms. The molecule has 0 fully saturated rings. The average Bonchev–Trinajstić information content (AvgIpc) is 2.74. The first-order valence-corrected chi connectivity index (χ1v) is 7.89. The molecule has 0 N–H and O–H groups in total. The molecule has 0 aromatic rings. The molecule has 1 heterocycles. The average molecular weight is 302 g/mol. The van der Waals surface area contributed by atoms with Crippen molar-refractivity contribution in [3.05, 3.63) is 46.8 Å². The quantitative estimate of drug-likeness (QED) is 0.424. The van der Waals surface area contributed by atoms with Crippen LogP contribution in [0.3, 0.4) is 0 Å². The van der Waals surface area contributed by atoms with Crippen molar-refractivity contribution in [2.75, 3.05) is 0 Å². The summed E-state index contributed by atoms with van der Waals surface area (Å²) in [6, 6.07) is 0. The Morgan fingerprint density at radius 2 is 2.14 bits per heavy atom. The second-order valence-electron chi connectivity index (χ2n) is 6.89. The highest BCUT2D eigenvalue weighted by Gasteiger charge is 2.26. The minimum atomic E-state index is -0.595. The van der Waals surface area contributed by atoms with E-state index in [1.54, 1.807) is 19.3 Å². The lowest BCUT2D eigenvalue weighted by molar-refractivity contribution is -0.152. The zero-order valence-corrected chi connectivity index (χ0v) is 14.2. The lowest BCUT2D eigenvalue weighted by Gasteiger charge is -2.32. The van der Waals surface area contributed by atoms with E-state index in [1.165, 1.54) is 30.4 Å². The van der Waals surface area contributed by atoms with Gasteiger partial charge in [0, 0.05) is 11.6 Å². The Bertz CT molecular complexity index is 573. The van der Waals surface area contributed by atoms with Crippen LogP contribution in [0.25, 0.3) is 0 Å². The summed E-state index contributed by atoms with van der Waals surface area (Å²) in [6.07, 6.45) is 10.7. The van der Waals surface area contributed by atoms with Gasteiger partial charge in [0.1, 0.15) is 0 Å². The van der Waals surface area contributed by atoms with E-state index >= 15 is 0 Å². The minimum Gasteiger partial charge on any atom is -0.458 e. The maximum absolute atomic E-state index is 11.3. The molecule has 0 saturated carbocycles. The third kappa shape index (κ3) is 3.90. The van der Waals surface area contributed by atoms with E-state index in [1.807, 2.05) is 6.92 Å². The van der Waals surface area contributed by atoms with Crippen molar-refractivity contribution in [2.24, 2.45) is 5.41 Å². The fraction of sp³-hybridized carbons (Fsp3) is 0.526. The molecule has 0 radical (unpaired) electrons. The van der Waals surface area contributed by atoms with E-state index in [2.05, 4.69) is 32.9 Å². The smallest absolute Gasteiger partial charge is 0.336 e. The molecule has 0 saturated heterocycles. The summed E-state index contributed by atoms with van der Waals surface area (Å²) in [5, 5.41) is 0. The Hall–Kier alpha value is -1.77. The standard InChI is InChI=1S/C19H26O3/c1-13(12-21-17-11-15(3)18(20)22-17)8-9-16-14(2)7-6-10-19(16,4)5/h8-9,11-12,17H,6-7,10H2,1-5H3/b9-8+,13-12-. The van der Waals surface area contributed by atoms with Gasteiger partial charge >= 0.3 is 5.97 Å². The molecular weight excluding hydrogens is 276 g/mol. The van der Waals surface area contributed by atoms with Crippen LogP contribution in [0.5, 0.6) is 0 Å². The molecule has 1 aliphatic heterocycles. The number of rotatable bonds is 4. The molecule has 1 atom stereocenters. The Labute approximate surface area is 133 Å². The van der Waals surface area contributed by atoms with Crippen LogP contribution in [-0.4, -0.2) is 12.3 Å². The van der Waals surface area contributed by atoms with E-state index in [0.717, 1.165) is 5.57 Å². The van der Waals surface area contributed by atoms with Gasteiger partial charge in [0.2, 0.25) is 0 Å². The van der Waals surface area contributed by atoms with E-state index in [-0.39, 0.29) is 11.4 Å². The molecule has 2 aliphatic rings. The number of hydrogen-bond acceptors (Lipinski definition) is 3. The fourth-order valence-corrected chi connectivity index (χ4v) is 3.01. The van der Waals surface area contributed by atoms with Crippen molar-refractivity contribution in [2.45, 2.75) is 60.2 Å². The summed E-state index contributed by atoms with van der Waals surface area (Å²) in [6.45, 7) is 10.5. The number of esters is 1. The van der Waals surface area contributed by atoms with Crippen LogP contribution in [0.2, 0.25) is 0 Å². The number of hydrogen-bond donors (Lipinski definition) is 0. The van der Waals surface area contributed by atoms with Crippen molar-refractivity contribution in [3.63, 3.8) is 0 Å². The first-order chi connectivity index (χ1) is 10.3. The lowest BCUT2D eigenvalue weighted by atomic mass is 9.72. The zero-order chi connectivity index (χ0) is 16.3. The third-order valence-corrected chi connectivity index (χ3v) is 4.37. The van der Waals surface area contributed by atoms with E-state index in [0.29, 0.717) is 5.57 Å². The Balaban J connectivity index is 2.00. The first kappa shape index (κ1) is 16.6. The van der Waals surface area contributed by atoms with Crippen LogP contribution in [0, 0.1) is 5.41 Å². The molecule has 22 heavy (non-hydrogen) atoms. The van der Waals surface area contributed by atoms with Crippen LogP contribution in [0.15, 0.2) is 46.8 Å². The highest BCUT2D eigenvalue weighted by atomic mass is 16.7. The van der Waals surface area contributed by atoms with Gasteiger partial charge in [0.15, 0.2) is 0 Å². The molecule has 0 aromatic carbocycles. The number of ether oxygens (including phenoxy) is 2. The van der Waals surface area contributed by atoms with Crippen molar-refractivity contribution >= 4 is 5.97 Å². The van der Waals surface area contributed by atoms with Crippen LogP contribution in [-0.2, 0) is 14.3 Å². The predicted molar refractivity (Wildman–Crippen MR) is 88.0 cm³/mol. The van der Waals surface area contributed by atoms with Gasteiger partial charge in [0.25, 0.3) is 6.29 Å². The van der Waals surface area contributed by atoms with Crippen LogP contribution < -0.4 is 0 Å². The molecule has 0 aromatic heterocycles. The zero-order valence-electron chi connectivity index (χ0n) is 14.2. The first-order valence-electron chi connectivity index (χ1n) is 7.89. The molecule has 120 valence electrons. The number of carbonyl (C=O) groups excluding carboxylic acids is 1. The molecule has 0 amide bonds.